The zero-order valence-corrected chi connectivity index (χ0v) is 9.11. The van der Waals surface area contributed by atoms with E-state index in [-0.39, 0.29) is 5.78 Å². The summed E-state index contributed by atoms with van der Waals surface area (Å²) in [6.45, 7) is 3.38. The highest BCUT2D eigenvalue weighted by Crippen LogP contribution is 2.04. The minimum atomic E-state index is -0.780. The fourth-order valence-corrected chi connectivity index (χ4v) is 0.870. The van der Waals surface area contributed by atoms with Gasteiger partial charge in [-0.2, -0.15) is 0 Å². The van der Waals surface area contributed by atoms with E-state index < -0.39 is 11.9 Å². The third kappa shape index (κ3) is 4.64. The molecule has 0 aliphatic heterocycles. The van der Waals surface area contributed by atoms with Crippen molar-refractivity contribution in [3.63, 3.8) is 0 Å². The molecular formula is C10H17NO3. The number of carbonyl (C=O) groups excluding carboxylic acids is 2. The van der Waals surface area contributed by atoms with E-state index in [0.29, 0.717) is 6.61 Å². The predicted molar refractivity (Wildman–Crippen MR) is 53.6 cm³/mol. The molecule has 0 fully saturated rings. The number of nitrogens with zero attached hydrogens (tertiary/aromatic N) is 1. The lowest BCUT2D eigenvalue weighted by molar-refractivity contribution is -0.149. The van der Waals surface area contributed by atoms with E-state index in [9.17, 15) is 9.59 Å². The number of esters is 1. The van der Waals surface area contributed by atoms with E-state index >= 15 is 0 Å². The molecule has 0 N–H and O–H groups in total. The van der Waals surface area contributed by atoms with Gasteiger partial charge in [0.05, 0.1) is 6.61 Å². The van der Waals surface area contributed by atoms with Crippen LogP contribution in [0.1, 0.15) is 13.8 Å². The van der Waals surface area contributed by atoms with Gasteiger partial charge in [-0.05, 0) is 26.1 Å². The summed E-state index contributed by atoms with van der Waals surface area (Å²) in [5.41, 5.74) is 0. The summed E-state index contributed by atoms with van der Waals surface area (Å²) in [6, 6.07) is 0. The summed E-state index contributed by atoms with van der Waals surface area (Å²) in [4.78, 5) is 24.1. The molecule has 1 atom stereocenters. The third-order valence-electron chi connectivity index (χ3n) is 1.56. The standard InChI is InChI=1S/C10H17NO3/c1-5-14-10(13)9(8(2)12)6-7-11(3)4/h6-7,9H,5H2,1-4H3. The number of hydrogen-bond acceptors (Lipinski definition) is 4. The third-order valence-corrected chi connectivity index (χ3v) is 1.56. The molecule has 0 amide bonds. The van der Waals surface area contributed by atoms with Crippen molar-refractivity contribution in [2.45, 2.75) is 13.8 Å². The number of ether oxygens (including phenoxy) is 1. The first-order chi connectivity index (χ1) is 6.49. The van der Waals surface area contributed by atoms with Crippen molar-refractivity contribution >= 4 is 11.8 Å². The van der Waals surface area contributed by atoms with Crippen molar-refractivity contribution in [3.05, 3.63) is 12.3 Å². The lowest BCUT2D eigenvalue weighted by atomic mass is 10.1. The fourth-order valence-electron chi connectivity index (χ4n) is 0.870. The van der Waals surface area contributed by atoms with Crippen LogP contribution < -0.4 is 0 Å². The summed E-state index contributed by atoms with van der Waals surface area (Å²) in [5, 5.41) is 0. The van der Waals surface area contributed by atoms with Crippen LogP contribution in [-0.4, -0.2) is 37.4 Å². The fraction of sp³-hybridized carbons (Fsp3) is 0.600. The minimum absolute atomic E-state index is 0.207. The van der Waals surface area contributed by atoms with E-state index in [1.54, 1.807) is 24.1 Å². The maximum absolute atomic E-state index is 11.3. The largest absolute Gasteiger partial charge is 0.465 e. The predicted octanol–water partition coefficient (Wildman–Crippen LogP) is 0.830. The van der Waals surface area contributed by atoms with E-state index in [2.05, 4.69) is 0 Å². The molecule has 0 aliphatic rings. The molecule has 0 aromatic carbocycles. The lowest BCUT2D eigenvalue weighted by Gasteiger charge is -2.09. The Morgan fingerprint density at radius 2 is 2.00 bits per heavy atom. The van der Waals surface area contributed by atoms with Gasteiger partial charge in [-0.3, -0.25) is 9.59 Å². The van der Waals surface area contributed by atoms with Crippen molar-refractivity contribution in [2.24, 2.45) is 5.92 Å². The highest BCUT2D eigenvalue weighted by molar-refractivity contribution is 5.99. The quantitative estimate of drug-likeness (QED) is 0.486. The van der Waals surface area contributed by atoms with Gasteiger partial charge in [0.25, 0.3) is 0 Å². The first-order valence-electron chi connectivity index (χ1n) is 4.50. The van der Waals surface area contributed by atoms with Crippen molar-refractivity contribution in [1.82, 2.24) is 4.90 Å². The van der Waals surface area contributed by atoms with Crippen molar-refractivity contribution in [3.8, 4) is 0 Å². The molecule has 4 heteroatoms. The molecule has 80 valence electrons. The van der Waals surface area contributed by atoms with Crippen molar-refractivity contribution in [1.29, 1.82) is 0 Å². The molecule has 0 radical (unpaired) electrons. The Morgan fingerprint density at radius 3 is 2.36 bits per heavy atom. The average Bonchev–Trinajstić information content (AvgIpc) is 2.03. The van der Waals surface area contributed by atoms with Crippen LogP contribution in [0.2, 0.25) is 0 Å². The second kappa shape index (κ2) is 6.18. The Labute approximate surface area is 84.5 Å². The van der Waals surface area contributed by atoms with Gasteiger partial charge in [-0.15, -0.1) is 0 Å². The molecule has 0 bridgehead atoms. The van der Waals surface area contributed by atoms with Gasteiger partial charge in [0.15, 0.2) is 0 Å². The first-order valence-corrected chi connectivity index (χ1v) is 4.50. The second-order valence-electron chi connectivity index (χ2n) is 3.15. The summed E-state index contributed by atoms with van der Waals surface area (Å²) >= 11 is 0. The molecule has 0 rings (SSSR count). The molecule has 14 heavy (non-hydrogen) atoms. The highest BCUT2D eigenvalue weighted by atomic mass is 16.5. The summed E-state index contributed by atoms with van der Waals surface area (Å²) in [5.74, 6) is -1.47. The number of Topliss-reactive ketones (excluding diaryl/α,β-unsaturated/α-hetero) is 1. The van der Waals surface area contributed by atoms with Gasteiger partial charge in [-0.25, -0.2) is 0 Å². The zero-order chi connectivity index (χ0) is 11.1. The Kier molecular flexibility index (Phi) is 5.60. The summed E-state index contributed by atoms with van der Waals surface area (Å²) in [6.07, 6.45) is 3.21. The van der Waals surface area contributed by atoms with Crippen LogP contribution in [0.5, 0.6) is 0 Å². The normalized spacial score (nSPS) is 12.6. The van der Waals surface area contributed by atoms with E-state index in [4.69, 9.17) is 4.74 Å². The Hall–Kier alpha value is -1.32. The number of carbonyl (C=O) groups is 2. The summed E-state index contributed by atoms with van der Waals surface area (Å²) in [7, 11) is 3.64. The van der Waals surface area contributed by atoms with Gasteiger partial charge >= 0.3 is 5.97 Å². The molecule has 0 saturated carbocycles. The molecule has 0 spiro atoms. The smallest absolute Gasteiger partial charge is 0.320 e. The molecular weight excluding hydrogens is 182 g/mol. The zero-order valence-electron chi connectivity index (χ0n) is 9.11. The monoisotopic (exact) mass is 199 g/mol. The molecule has 0 aliphatic carbocycles. The Morgan fingerprint density at radius 1 is 1.43 bits per heavy atom. The van der Waals surface area contributed by atoms with Crippen LogP contribution in [0, 0.1) is 5.92 Å². The average molecular weight is 199 g/mol. The second-order valence-corrected chi connectivity index (χ2v) is 3.15. The maximum Gasteiger partial charge on any atom is 0.320 e. The molecule has 4 nitrogen and oxygen atoms in total. The van der Waals surface area contributed by atoms with Crippen LogP contribution in [0.4, 0.5) is 0 Å². The lowest BCUT2D eigenvalue weighted by Crippen LogP contribution is -2.23. The SMILES string of the molecule is CCOC(=O)C(C=CN(C)C)C(C)=O. The van der Waals surface area contributed by atoms with Crippen LogP contribution in [0.25, 0.3) is 0 Å². The molecule has 0 aromatic heterocycles. The van der Waals surface area contributed by atoms with Crippen LogP contribution in [0.15, 0.2) is 12.3 Å². The topological polar surface area (TPSA) is 46.6 Å². The first kappa shape index (κ1) is 12.7. The number of hydrogen-bond donors (Lipinski definition) is 0. The minimum Gasteiger partial charge on any atom is -0.465 e. The van der Waals surface area contributed by atoms with Gasteiger partial charge in [0, 0.05) is 14.1 Å². The van der Waals surface area contributed by atoms with E-state index in [1.165, 1.54) is 6.92 Å². The van der Waals surface area contributed by atoms with Gasteiger partial charge in [0.2, 0.25) is 0 Å². The highest BCUT2D eigenvalue weighted by Gasteiger charge is 2.21. The number of rotatable bonds is 5. The number of ketones is 1. The maximum atomic E-state index is 11.3. The molecule has 1 unspecified atom stereocenters. The molecule has 0 saturated heterocycles. The van der Waals surface area contributed by atoms with Crippen LogP contribution in [0.3, 0.4) is 0 Å². The van der Waals surface area contributed by atoms with Gasteiger partial charge in [-0.1, -0.05) is 0 Å². The summed E-state index contributed by atoms with van der Waals surface area (Å²) < 4.78 is 4.77. The molecule has 0 heterocycles. The molecule has 0 aromatic rings. The van der Waals surface area contributed by atoms with Crippen LogP contribution in [-0.2, 0) is 14.3 Å². The van der Waals surface area contributed by atoms with Crippen LogP contribution >= 0.6 is 0 Å². The van der Waals surface area contributed by atoms with Crippen molar-refractivity contribution in [2.75, 3.05) is 20.7 Å². The van der Waals surface area contributed by atoms with E-state index in [1.807, 2.05) is 14.1 Å². The Balaban J connectivity index is 4.44. The van der Waals surface area contributed by atoms with Crippen molar-refractivity contribution < 1.29 is 14.3 Å². The Bertz CT molecular complexity index is 234. The van der Waals surface area contributed by atoms with E-state index in [0.717, 1.165) is 0 Å². The van der Waals surface area contributed by atoms with Gasteiger partial charge < -0.3 is 9.64 Å². The van der Waals surface area contributed by atoms with Gasteiger partial charge in [0.1, 0.15) is 11.7 Å².